The summed E-state index contributed by atoms with van der Waals surface area (Å²) in [7, 11) is 1.62. The molecule has 84 valence electrons. The van der Waals surface area contributed by atoms with Crippen LogP contribution in [0.1, 0.15) is 0 Å². The Balaban J connectivity index is 0.000000265. The van der Waals surface area contributed by atoms with Crippen molar-refractivity contribution in [2.45, 2.75) is 6.18 Å². The van der Waals surface area contributed by atoms with Crippen LogP contribution < -0.4 is 14.7 Å². The van der Waals surface area contributed by atoms with E-state index >= 15 is 0 Å². The van der Waals surface area contributed by atoms with Crippen LogP contribution in [0.3, 0.4) is 0 Å². The summed E-state index contributed by atoms with van der Waals surface area (Å²) in [5, 5.41) is 8.78. The zero-order valence-electron chi connectivity index (χ0n) is 7.69. The number of nitrogens with zero attached hydrogens (tertiary/aromatic N) is 1. The molecule has 0 amide bonds. The third-order valence-corrected chi connectivity index (χ3v) is 1.13. The van der Waals surface area contributed by atoms with Crippen molar-refractivity contribution in [3.63, 3.8) is 0 Å². The predicted molar refractivity (Wildman–Crippen MR) is 40.2 cm³/mol. The Morgan fingerprint density at radius 3 is 1.87 bits per heavy atom. The van der Waals surface area contributed by atoms with Crippen molar-refractivity contribution in [1.29, 1.82) is 0 Å². The molecule has 0 radical (unpaired) electrons. The molecule has 7 heteroatoms. The number of aliphatic carboxylic acids is 1. The first-order valence-corrected chi connectivity index (χ1v) is 3.67. The molecule has 0 saturated heterocycles. The minimum atomic E-state index is -5.19. The monoisotopic (exact) mass is 223 g/mol. The summed E-state index contributed by atoms with van der Waals surface area (Å²) in [5.41, 5.74) is 0. The summed E-state index contributed by atoms with van der Waals surface area (Å²) in [6.45, 7) is 0. The van der Waals surface area contributed by atoms with Gasteiger partial charge in [-0.25, -0.2) is 0 Å². The first kappa shape index (κ1) is 13.2. The van der Waals surface area contributed by atoms with Gasteiger partial charge in [-0.1, -0.05) is 6.07 Å². The van der Waals surface area contributed by atoms with E-state index in [4.69, 9.17) is 14.7 Å². The molecular weight excluding hydrogens is 215 g/mol. The van der Waals surface area contributed by atoms with Gasteiger partial charge >= 0.3 is 6.18 Å². The second-order valence-corrected chi connectivity index (χ2v) is 2.20. The van der Waals surface area contributed by atoms with Gasteiger partial charge < -0.3 is 9.90 Å². The largest absolute Gasteiger partial charge is 0.542 e. The van der Waals surface area contributed by atoms with Crippen LogP contribution >= 0.6 is 0 Å². The lowest BCUT2D eigenvalue weighted by molar-refractivity contribution is -0.885. The molecule has 0 bridgehead atoms. The summed E-state index contributed by atoms with van der Waals surface area (Å²) in [5.74, 6) is -3.01. The summed E-state index contributed by atoms with van der Waals surface area (Å²) in [6, 6.07) is 5.75. The van der Waals surface area contributed by atoms with E-state index in [1.165, 1.54) is 0 Å². The number of carboxylic acids is 1. The van der Waals surface area contributed by atoms with Crippen molar-refractivity contribution < 1.29 is 32.6 Å². The molecule has 4 nitrogen and oxygen atoms in total. The molecule has 15 heavy (non-hydrogen) atoms. The van der Waals surface area contributed by atoms with Crippen LogP contribution in [0.5, 0.6) is 0 Å². The first-order valence-electron chi connectivity index (χ1n) is 3.67. The highest BCUT2D eigenvalue weighted by Gasteiger charge is 2.28. The maximum Gasteiger partial charge on any atom is 0.430 e. The molecule has 1 heterocycles. The molecule has 1 aromatic rings. The average molecular weight is 223 g/mol. The fourth-order valence-electron chi connectivity index (χ4n) is 0.505. The van der Waals surface area contributed by atoms with Gasteiger partial charge in [0.25, 0.3) is 0 Å². The second kappa shape index (κ2) is 5.84. The molecule has 0 aliphatic rings. The quantitative estimate of drug-likeness (QED) is 0.593. The van der Waals surface area contributed by atoms with E-state index in [9.17, 15) is 13.2 Å². The van der Waals surface area contributed by atoms with Crippen molar-refractivity contribution in [2.75, 3.05) is 7.11 Å². The van der Waals surface area contributed by atoms with E-state index in [-0.39, 0.29) is 0 Å². The van der Waals surface area contributed by atoms with Crippen molar-refractivity contribution in [2.24, 2.45) is 0 Å². The molecule has 0 aliphatic heterocycles. The van der Waals surface area contributed by atoms with E-state index in [2.05, 4.69) is 0 Å². The standard InChI is InChI=1S/C6H8NO.C2HF3O2/c1-8-7-5-3-2-4-6-7;3-2(4,5)1(6)7/h2-6H,1H3;(H,6,7)/q+1;/p-1. The van der Waals surface area contributed by atoms with Crippen LogP contribution in [0.2, 0.25) is 0 Å². The molecule has 0 fully saturated rings. The van der Waals surface area contributed by atoms with Crippen molar-refractivity contribution in [3.05, 3.63) is 30.6 Å². The molecule has 0 atom stereocenters. The van der Waals surface area contributed by atoms with Gasteiger partial charge in [0, 0.05) is 16.9 Å². The molecule has 0 aliphatic carbocycles. The van der Waals surface area contributed by atoms with E-state index < -0.39 is 12.1 Å². The Morgan fingerprint density at radius 2 is 1.67 bits per heavy atom. The zero-order valence-corrected chi connectivity index (χ0v) is 7.69. The van der Waals surface area contributed by atoms with Gasteiger partial charge in [-0.3, -0.25) is 4.84 Å². The summed E-state index contributed by atoms with van der Waals surface area (Å²) < 4.78 is 33.2. The lowest BCUT2D eigenvalue weighted by atomic mass is 10.5. The number of hydrogen-bond acceptors (Lipinski definition) is 3. The first-order chi connectivity index (χ1) is 6.88. The maximum absolute atomic E-state index is 10.5. The van der Waals surface area contributed by atoms with E-state index in [0.29, 0.717) is 0 Å². The second-order valence-electron chi connectivity index (χ2n) is 2.20. The van der Waals surface area contributed by atoms with Crippen LogP contribution in [0, 0.1) is 0 Å². The highest BCUT2D eigenvalue weighted by atomic mass is 19.4. The Kier molecular flexibility index (Phi) is 5.14. The number of rotatable bonds is 1. The summed E-state index contributed by atoms with van der Waals surface area (Å²) in [6.07, 6.45) is -1.53. The number of carboxylic acid groups (broad SMARTS) is 1. The third-order valence-electron chi connectivity index (χ3n) is 1.13. The average Bonchev–Trinajstić information content (AvgIpc) is 2.18. The molecule has 1 aromatic heterocycles. The number of pyridine rings is 1. The minimum Gasteiger partial charge on any atom is -0.542 e. The van der Waals surface area contributed by atoms with Gasteiger partial charge in [0.15, 0.2) is 0 Å². The summed E-state index contributed by atoms with van der Waals surface area (Å²) >= 11 is 0. The SMILES string of the molecule is CO[n+]1ccccc1.O=C([O-])C(F)(F)F. The molecule has 0 N–H and O–H groups in total. The maximum atomic E-state index is 10.5. The molecule has 0 spiro atoms. The fraction of sp³-hybridized carbons (Fsp3) is 0.250. The van der Waals surface area contributed by atoms with Crippen LogP contribution in [-0.4, -0.2) is 19.3 Å². The van der Waals surface area contributed by atoms with Crippen LogP contribution in [0.15, 0.2) is 30.6 Å². The number of halogens is 3. The Labute approximate surface area is 83.5 Å². The predicted octanol–water partition coefficient (Wildman–Crippen LogP) is -0.669. The smallest absolute Gasteiger partial charge is 0.430 e. The molecular formula is C8H8F3NO3. The molecule has 0 unspecified atom stereocenters. The third kappa shape index (κ3) is 6.30. The fourth-order valence-corrected chi connectivity index (χ4v) is 0.505. The van der Waals surface area contributed by atoms with E-state index in [0.717, 1.165) is 0 Å². The minimum absolute atomic E-state index is 1.62. The number of aromatic nitrogens is 1. The molecule has 0 aromatic carbocycles. The number of alkyl halides is 3. The number of carbonyl (C=O) groups is 1. The van der Waals surface area contributed by atoms with Gasteiger partial charge in [-0.15, -0.1) is 0 Å². The zero-order chi connectivity index (χ0) is 11.9. The lowest BCUT2D eigenvalue weighted by Crippen LogP contribution is -2.38. The van der Waals surface area contributed by atoms with Gasteiger partial charge in [0.1, 0.15) is 13.1 Å². The van der Waals surface area contributed by atoms with Gasteiger partial charge in [0.05, 0.1) is 0 Å². The van der Waals surface area contributed by atoms with Gasteiger partial charge in [0.2, 0.25) is 12.4 Å². The van der Waals surface area contributed by atoms with E-state index in [1.807, 2.05) is 30.6 Å². The van der Waals surface area contributed by atoms with Crippen LogP contribution in [0.25, 0.3) is 0 Å². The summed E-state index contributed by atoms with van der Waals surface area (Å²) in [4.78, 5) is 13.6. The highest BCUT2D eigenvalue weighted by Crippen LogP contribution is 2.11. The number of carbonyl (C=O) groups excluding carboxylic acids is 1. The van der Waals surface area contributed by atoms with Gasteiger partial charge in [-0.05, 0) is 0 Å². The Morgan fingerprint density at radius 1 is 1.27 bits per heavy atom. The van der Waals surface area contributed by atoms with Crippen molar-refractivity contribution >= 4 is 5.97 Å². The lowest BCUT2D eigenvalue weighted by Gasteiger charge is -2.03. The van der Waals surface area contributed by atoms with E-state index in [1.54, 1.807) is 11.8 Å². The van der Waals surface area contributed by atoms with Gasteiger partial charge in [-0.2, -0.15) is 13.2 Å². The van der Waals surface area contributed by atoms with Crippen molar-refractivity contribution in [1.82, 2.24) is 0 Å². The topological polar surface area (TPSA) is 53.2 Å². The Bertz CT molecular complexity index is 300. The molecule has 0 saturated carbocycles. The normalized spacial score (nSPS) is 9.87. The van der Waals surface area contributed by atoms with Crippen LogP contribution in [-0.2, 0) is 4.79 Å². The Hall–Kier alpha value is -1.79. The van der Waals surface area contributed by atoms with Crippen molar-refractivity contribution in [3.8, 4) is 0 Å². The molecule has 1 rings (SSSR count). The number of hydrogen-bond donors (Lipinski definition) is 0. The van der Waals surface area contributed by atoms with Crippen LogP contribution in [0.4, 0.5) is 13.2 Å². The highest BCUT2D eigenvalue weighted by molar-refractivity contribution is 5.70.